The van der Waals surface area contributed by atoms with Crippen molar-refractivity contribution < 1.29 is 9.47 Å². The average Bonchev–Trinajstić information content (AvgIpc) is 2.45. The predicted octanol–water partition coefficient (Wildman–Crippen LogP) is 2.56. The van der Waals surface area contributed by atoms with Crippen molar-refractivity contribution in [2.75, 3.05) is 7.11 Å². The first-order valence-corrected chi connectivity index (χ1v) is 5.90. The van der Waals surface area contributed by atoms with Crippen LogP contribution in [0, 0.1) is 5.41 Å². The van der Waals surface area contributed by atoms with Crippen LogP contribution >= 0.6 is 0 Å². The standard InChI is InChI=1S/C15H16N2O2/c1-18-14-9-12(7-8-13(14)15(16)17)19-10-11-5-3-2-4-6-11/h2-9H,10H2,1H3,(H3,16,17). The van der Waals surface area contributed by atoms with Crippen LogP contribution in [0.5, 0.6) is 11.5 Å². The van der Waals surface area contributed by atoms with E-state index in [4.69, 9.17) is 20.6 Å². The van der Waals surface area contributed by atoms with E-state index in [0.29, 0.717) is 23.7 Å². The summed E-state index contributed by atoms with van der Waals surface area (Å²) in [5.41, 5.74) is 7.13. The summed E-state index contributed by atoms with van der Waals surface area (Å²) in [7, 11) is 1.54. The van der Waals surface area contributed by atoms with Crippen LogP contribution in [0.2, 0.25) is 0 Å². The number of benzene rings is 2. The molecule has 0 radical (unpaired) electrons. The van der Waals surface area contributed by atoms with Gasteiger partial charge in [0.25, 0.3) is 0 Å². The summed E-state index contributed by atoms with van der Waals surface area (Å²) in [6.07, 6.45) is 0. The molecule has 2 rings (SSSR count). The summed E-state index contributed by atoms with van der Waals surface area (Å²) in [6, 6.07) is 15.1. The first-order chi connectivity index (χ1) is 9.20. The van der Waals surface area contributed by atoms with Gasteiger partial charge in [-0.15, -0.1) is 0 Å². The predicted molar refractivity (Wildman–Crippen MR) is 74.8 cm³/mol. The molecule has 0 saturated heterocycles. The molecule has 0 spiro atoms. The number of ether oxygens (including phenoxy) is 2. The van der Waals surface area contributed by atoms with Gasteiger partial charge in [-0.2, -0.15) is 0 Å². The molecule has 0 amide bonds. The summed E-state index contributed by atoms with van der Waals surface area (Å²) >= 11 is 0. The summed E-state index contributed by atoms with van der Waals surface area (Å²) in [4.78, 5) is 0. The lowest BCUT2D eigenvalue weighted by Crippen LogP contribution is -2.12. The van der Waals surface area contributed by atoms with Crippen LogP contribution < -0.4 is 15.2 Å². The van der Waals surface area contributed by atoms with Crippen molar-refractivity contribution in [3.8, 4) is 11.5 Å². The topological polar surface area (TPSA) is 68.3 Å². The monoisotopic (exact) mass is 256 g/mol. The summed E-state index contributed by atoms with van der Waals surface area (Å²) < 4.78 is 10.9. The number of nitrogen functional groups attached to an aromatic ring is 1. The van der Waals surface area contributed by atoms with Crippen LogP contribution in [0.1, 0.15) is 11.1 Å². The average molecular weight is 256 g/mol. The first kappa shape index (κ1) is 13.0. The molecule has 0 aliphatic carbocycles. The Bertz CT molecular complexity index is 568. The number of nitrogens with two attached hydrogens (primary N) is 1. The lowest BCUT2D eigenvalue weighted by molar-refractivity contribution is 0.303. The van der Waals surface area contributed by atoms with Gasteiger partial charge in [0.15, 0.2) is 0 Å². The lowest BCUT2D eigenvalue weighted by Gasteiger charge is -2.11. The van der Waals surface area contributed by atoms with Gasteiger partial charge >= 0.3 is 0 Å². The normalized spacial score (nSPS) is 9.95. The molecule has 2 aromatic rings. The minimum atomic E-state index is -0.0218. The molecule has 0 heterocycles. The molecule has 0 aromatic heterocycles. The Labute approximate surface area is 112 Å². The Morgan fingerprint density at radius 1 is 1.16 bits per heavy atom. The van der Waals surface area contributed by atoms with E-state index < -0.39 is 0 Å². The number of hydrogen-bond donors (Lipinski definition) is 2. The second-order valence-electron chi connectivity index (χ2n) is 4.05. The fourth-order valence-electron chi connectivity index (χ4n) is 1.72. The molecule has 0 unspecified atom stereocenters. The van der Waals surface area contributed by atoms with E-state index in [9.17, 15) is 0 Å². The molecule has 19 heavy (non-hydrogen) atoms. The van der Waals surface area contributed by atoms with E-state index in [1.54, 1.807) is 25.3 Å². The van der Waals surface area contributed by atoms with Gasteiger partial charge in [-0.3, -0.25) is 5.41 Å². The summed E-state index contributed by atoms with van der Waals surface area (Å²) in [5.74, 6) is 1.20. The third-order valence-corrected chi connectivity index (χ3v) is 2.71. The minimum absolute atomic E-state index is 0.0218. The van der Waals surface area contributed by atoms with Gasteiger partial charge in [-0.25, -0.2) is 0 Å². The third-order valence-electron chi connectivity index (χ3n) is 2.71. The Morgan fingerprint density at radius 3 is 2.53 bits per heavy atom. The van der Waals surface area contributed by atoms with Crippen LogP contribution in [-0.4, -0.2) is 12.9 Å². The second kappa shape index (κ2) is 5.91. The van der Waals surface area contributed by atoms with Crippen molar-refractivity contribution in [2.24, 2.45) is 5.73 Å². The van der Waals surface area contributed by atoms with Gasteiger partial charge in [-0.1, -0.05) is 30.3 Å². The van der Waals surface area contributed by atoms with Crippen molar-refractivity contribution in [1.82, 2.24) is 0 Å². The van der Waals surface area contributed by atoms with Crippen molar-refractivity contribution in [3.63, 3.8) is 0 Å². The van der Waals surface area contributed by atoms with Crippen molar-refractivity contribution in [1.29, 1.82) is 5.41 Å². The molecule has 0 atom stereocenters. The van der Waals surface area contributed by atoms with Crippen LogP contribution in [-0.2, 0) is 6.61 Å². The SMILES string of the molecule is COc1cc(OCc2ccccc2)ccc1C(=N)N. The molecule has 0 aliphatic rings. The zero-order valence-electron chi connectivity index (χ0n) is 10.7. The Balaban J connectivity index is 2.11. The first-order valence-electron chi connectivity index (χ1n) is 5.90. The van der Waals surface area contributed by atoms with Crippen LogP contribution in [0.15, 0.2) is 48.5 Å². The highest BCUT2D eigenvalue weighted by molar-refractivity contribution is 5.97. The molecular formula is C15H16N2O2. The number of rotatable bonds is 5. The van der Waals surface area contributed by atoms with E-state index in [2.05, 4.69) is 0 Å². The number of nitrogens with one attached hydrogen (secondary N) is 1. The smallest absolute Gasteiger partial charge is 0.133 e. The number of amidine groups is 1. The maximum atomic E-state index is 7.44. The molecule has 4 nitrogen and oxygen atoms in total. The maximum absolute atomic E-state index is 7.44. The molecule has 0 aliphatic heterocycles. The van der Waals surface area contributed by atoms with Crippen molar-refractivity contribution in [3.05, 3.63) is 59.7 Å². The number of methoxy groups -OCH3 is 1. The second-order valence-corrected chi connectivity index (χ2v) is 4.05. The molecule has 3 N–H and O–H groups in total. The largest absolute Gasteiger partial charge is 0.496 e. The van der Waals surface area contributed by atoms with E-state index >= 15 is 0 Å². The van der Waals surface area contributed by atoms with E-state index in [1.807, 2.05) is 30.3 Å². The van der Waals surface area contributed by atoms with Crippen molar-refractivity contribution >= 4 is 5.84 Å². The highest BCUT2D eigenvalue weighted by atomic mass is 16.5. The van der Waals surface area contributed by atoms with E-state index in [1.165, 1.54) is 0 Å². The fourth-order valence-corrected chi connectivity index (χ4v) is 1.72. The van der Waals surface area contributed by atoms with Gasteiger partial charge in [0.2, 0.25) is 0 Å². The van der Waals surface area contributed by atoms with Gasteiger partial charge in [0, 0.05) is 6.07 Å². The lowest BCUT2D eigenvalue weighted by atomic mass is 10.1. The van der Waals surface area contributed by atoms with Gasteiger partial charge in [-0.05, 0) is 17.7 Å². The zero-order valence-corrected chi connectivity index (χ0v) is 10.7. The molecule has 4 heteroatoms. The molecule has 0 saturated carbocycles. The fraction of sp³-hybridized carbons (Fsp3) is 0.133. The minimum Gasteiger partial charge on any atom is -0.496 e. The Morgan fingerprint density at radius 2 is 1.89 bits per heavy atom. The maximum Gasteiger partial charge on any atom is 0.133 e. The highest BCUT2D eigenvalue weighted by Crippen LogP contribution is 2.24. The van der Waals surface area contributed by atoms with E-state index in [-0.39, 0.29) is 5.84 Å². The molecule has 2 aromatic carbocycles. The van der Waals surface area contributed by atoms with Gasteiger partial charge < -0.3 is 15.2 Å². The van der Waals surface area contributed by atoms with Crippen molar-refractivity contribution in [2.45, 2.75) is 6.61 Å². The van der Waals surface area contributed by atoms with Crippen LogP contribution in [0.4, 0.5) is 0 Å². The molecule has 0 bridgehead atoms. The molecular weight excluding hydrogens is 240 g/mol. The van der Waals surface area contributed by atoms with E-state index in [0.717, 1.165) is 5.56 Å². The molecule has 0 fully saturated rings. The zero-order chi connectivity index (χ0) is 13.7. The molecule has 98 valence electrons. The van der Waals surface area contributed by atoms with Gasteiger partial charge in [0.05, 0.1) is 12.7 Å². The number of hydrogen-bond acceptors (Lipinski definition) is 3. The third kappa shape index (κ3) is 3.25. The summed E-state index contributed by atoms with van der Waals surface area (Å²) in [6.45, 7) is 0.489. The quantitative estimate of drug-likeness (QED) is 0.638. The summed E-state index contributed by atoms with van der Waals surface area (Å²) in [5, 5.41) is 7.44. The van der Waals surface area contributed by atoms with Crippen LogP contribution in [0.25, 0.3) is 0 Å². The highest BCUT2D eigenvalue weighted by Gasteiger charge is 2.07. The van der Waals surface area contributed by atoms with Gasteiger partial charge in [0.1, 0.15) is 23.9 Å². The Kier molecular flexibility index (Phi) is 4.03. The van der Waals surface area contributed by atoms with Crippen LogP contribution in [0.3, 0.4) is 0 Å². The Hall–Kier alpha value is -2.49.